The van der Waals surface area contributed by atoms with Gasteiger partial charge in [0, 0.05) is 18.4 Å². The van der Waals surface area contributed by atoms with Crippen molar-refractivity contribution in [1.82, 2.24) is 5.32 Å². The van der Waals surface area contributed by atoms with E-state index in [2.05, 4.69) is 5.32 Å². The van der Waals surface area contributed by atoms with Gasteiger partial charge in [-0.25, -0.2) is 0 Å². The van der Waals surface area contributed by atoms with Crippen LogP contribution < -0.4 is 19.5 Å². The summed E-state index contributed by atoms with van der Waals surface area (Å²) in [5.41, 5.74) is 3.35. The van der Waals surface area contributed by atoms with Crippen LogP contribution in [0.1, 0.15) is 46.3 Å². The Hall–Kier alpha value is -4.91. The Labute approximate surface area is 246 Å². The lowest BCUT2D eigenvalue weighted by Crippen LogP contribution is -2.36. The van der Waals surface area contributed by atoms with Gasteiger partial charge in [0.1, 0.15) is 24.7 Å². The first-order chi connectivity index (χ1) is 20.6. The summed E-state index contributed by atoms with van der Waals surface area (Å²) in [7, 11) is 1.61. The maximum Gasteiger partial charge on any atom is 0.207 e. The van der Waals surface area contributed by atoms with E-state index in [0.29, 0.717) is 49.5 Å². The van der Waals surface area contributed by atoms with Crippen molar-refractivity contribution in [2.45, 2.75) is 44.9 Å². The summed E-state index contributed by atoms with van der Waals surface area (Å²) in [4.78, 5) is 37.4. The molecule has 0 spiro atoms. The predicted molar refractivity (Wildman–Crippen MR) is 161 cm³/mol. The number of hydrogen-bond donors (Lipinski definition) is 1. The lowest BCUT2D eigenvalue weighted by molar-refractivity contribution is -0.119. The summed E-state index contributed by atoms with van der Waals surface area (Å²) in [5, 5.41) is 2.59. The van der Waals surface area contributed by atoms with Crippen LogP contribution in [0.4, 0.5) is 0 Å². The fourth-order valence-electron chi connectivity index (χ4n) is 4.44. The smallest absolute Gasteiger partial charge is 0.207 e. The molecule has 0 aliphatic carbocycles. The summed E-state index contributed by atoms with van der Waals surface area (Å²) in [6.45, 7) is 0.628. The molecule has 42 heavy (non-hydrogen) atoms. The van der Waals surface area contributed by atoms with Crippen molar-refractivity contribution in [1.29, 1.82) is 0 Å². The van der Waals surface area contributed by atoms with Gasteiger partial charge in [0.2, 0.25) is 6.41 Å². The Kier molecular flexibility index (Phi) is 11.3. The lowest BCUT2D eigenvalue weighted by atomic mass is 9.97. The molecule has 7 nitrogen and oxygen atoms in total. The highest BCUT2D eigenvalue weighted by atomic mass is 16.5. The summed E-state index contributed by atoms with van der Waals surface area (Å²) < 4.78 is 17.3. The van der Waals surface area contributed by atoms with E-state index in [-0.39, 0.29) is 24.4 Å². The van der Waals surface area contributed by atoms with Crippen LogP contribution in [0.25, 0.3) is 0 Å². The second-order valence-corrected chi connectivity index (χ2v) is 9.84. The molecule has 0 heterocycles. The van der Waals surface area contributed by atoms with Crippen LogP contribution in [0, 0.1) is 0 Å². The van der Waals surface area contributed by atoms with E-state index < -0.39 is 6.04 Å². The third kappa shape index (κ3) is 9.06. The minimum atomic E-state index is -0.842. The molecule has 7 heteroatoms. The number of ketones is 2. The highest BCUT2D eigenvalue weighted by Crippen LogP contribution is 2.31. The van der Waals surface area contributed by atoms with Crippen molar-refractivity contribution in [3.8, 4) is 17.2 Å². The van der Waals surface area contributed by atoms with Gasteiger partial charge in [-0.3, -0.25) is 14.4 Å². The molecule has 0 fully saturated rings. The van der Waals surface area contributed by atoms with Crippen molar-refractivity contribution in [3.63, 3.8) is 0 Å². The zero-order valence-electron chi connectivity index (χ0n) is 23.7. The van der Waals surface area contributed by atoms with Crippen LogP contribution in [0.15, 0.2) is 103 Å². The third-order valence-corrected chi connectivity index (χ3v) is 6.85. The maximum absolute atomic E-state index is 13.5. The second-order valence-electron chi connectivity index (χ2n) is 9.84. The summed E-state index contributed by atoms with van der Waals surface area (Å²) >= 11 is 0. The fraction of sp³-hybridized carbons (Fsp3) is 0.229. The van der Waals surface area contributed by atoms with E-state index in [1.807, 2.05) is 84.9 Å². The normalized spacial score (nSPS) is 11.3. The van der Waals surface area contributed by atoms with Crippen molar-refractivity contribution in [2.24, 2.45) is 0 Å². The third-order valence-electron chi connectivity index (χ3n) is 6.85. The number of ether oxygens (including phenoxy) is 3. The zero-order chi connectivity index (χ0) is 29.6. The topological polar surface area (TPSA) is 90.9 Å². The van der Waals surface area contributed by atoms with Gasteiger partial charge in [0.15, 0.2) is 17.3 Å². The number of methoxy groups -OCH3 is 1. The average molecular weight is 566 g/mol. The van der Waals surface area contributed by atoms with E-state index >= 15 is 0 Å². The van der Waals surface area contributed by atoms with Crippen molar-refractivity contribution in [3.05, 3.63) is 125 Å². The van der Waals surface area contributed by atoms with Gasteiger partial charge >= 0.3 is 0 Å². The number of amides is 1. The van der Waals surface area contributed by atoms with Crippen LogP contribution in [-0.4, -0.2) is 31.1 Å². The monoisotopic (exact) mass is 565 g/mol. The number of carbonyl (C=O) groups is 3. The van der Waals surface area contributed by atoms with Crippen LogP contribution >= 0.6 is 0 Å². The predicted octanol–water partition coefficient (Wildman–Crippen LogP) is 6.13. The molecule has 4 aromatic carbocycles. The Bertz CT molecular complexity index is 1440. The minimum Gasteiger partial charge on any atom is -0.497 e. The number of aryl methyl sites for hydroxylation is 1. The molecular weight excluding hydrogens is 530 g/mol. The summed E-state index contributed by atoms with van der Waals surface area (Å²) in [6.07, 6.45) is 1.80. The first-order valence-corrected chi connectivity index (χ1v) is 13.9. The Morgan fingerprint density at radius 3 is 1.95 bits per heavy atom. The lowest BCUT2D eigenvalue weighted by Gasteiger charge is -2.17. The molecule has 1 unspecified atom stereocenters. The zero-order valence-corrected chi connectivity index (χ0v) is 23.7. The van der Waals surface area contributed by atoms with Crippen molar-refractivity contribution in [2.75, 3.05) is 7.11 Å². The number of carbonyl (C=O) groups excluding carboxylic acids is 3. The molecule has 0 aromatic heterocycles. The van der Waals surface area contributed by atoms with Gasteiger partial charge in [-0.1, -0.05) is 72.8 Å². The molecule has 0 saturated carbocycles. The number of nitrogens with one attached hydrogen (secondary N) is 1. The van der Waals surface area contributed by atoms with Crippen LogP contribution in [-0.2, 0) is 29.2 Å². The maximum atomic E-state index is 13.5. The van der Waals surface area contributed by atoms with Crippen LogP contribution in [0.2, 0.25) is 0 Å². The molecule has 4 rings (SSSR count). The summed E-state index contributed by atoms with van der Waals surface area (Å²) in [6, 6.07) is 31.2. The highest BCUT2D eigenvalue weighted by molar-refractivity contribution is 6.01. The van der Waals surface area contributed by atoms with Crippen molar-refractivity contribution < 1.29 is 28.6 Å². The van der Waals surface area contributed by atoms with Crippen LogP contribution in [0.5, 0.6) is 17.2 Å². The molecule has 216 valence electrons. The Balaban J connectivity index is 1.42. The highest BCUT2D eigenvalue weighted by Gasteiger charge is 2.22. The Morgan fingerprint density at radius 1 is 0.738 bits per heavy atom. The van der Waals surface area contributed by atoms with Gasteiger partial charge in [-0.05, 0) is 59.9 Å². The molecule has 0 bridgehead atoms. The largest absolute Gasteiger partial charge is 0.497 e. The van der Waals surface area contributed by atoms with E-state index in [9.17, 15) is 14.4 Å². The van der Waals surface area contributed by atoms with Crippen LogP contribution in [0.3, 0.4) is 0 Å². The standard InChI is InChI=1S/C35H35NO6/c1-40-31-18-13-26(14-19-31)12-16-30(38)17-20-32(36-25-37)35(39)29-15-21-33(41-23-27-8-4-2-5-9-27)34(22-29)42-24-28-10-6-3-7-11-28/h2-11,13-15,18-19,21-22,25,32H,12,16-17,20,23-24H2,1H3,(H,36,37). The quantitative estimate of drug-likeness (QED) is 0.122. The first-order valence-electron chi connectivity index (χ1n) is 13.9. The molecule has 0 aliphatic heterocycles. The molecule has 0 saturated heterocycles. The van der Waals surface area contributed by atoms with Gasteiger partial charge in [-0.15, -0.1) is 0 Å². The first kappa shape index (κ1) is 30.1. The SMILES string of the molecule is COc1ccc(CCC(=O)CCC(NC=O)C(=O)c2ccc(OCc3ccccc3)c(OCc3ccccc3)c2)cc1. The number of Topliss-reactive ketones (excluding diaryl/α,β-unsaturated/α-hetero) is 2. The summed E-state index contributed by atoms with van der Waals surface area (Å²) in [5.74, 6) is 1.40. The van der Waals surface area contributed by atoms with E-state index in [4.69, 9.17) is 14.2 Å². The van der Waals surface area contributed by atoms with Gasteiger partial charge in [0.05, 0.1) is 13.2 Å². The molecule has 4 aromatic rings. The number of benzene rings is 4. The molecule has 1 atom stereocenters. The number of rotatable bonds is 17. The van der Waals surface area contributed by atoms with Crippen molar-refractivity contribution >= 4 is 18.0 Å². The fourth-order valence-corrected chi connectivity index (χ4v) is 4.44. The van der Waals surface area contributed by atoms with Gasteiger partial charge in [0.25, 0.3) is 0 Å². The number of hydrogen-bond acceptors (Lipinski definition) is 6. The minimum absolute atomic E-state index is 0.0212. The molecule has 0 aliphatic rings. The second kappa shape index (κ2) is 15.8. The molecule has 0 radical (unpaired) electrons. The Morgan fingerprint density at radius 2 is 1.36 bits per heavy atom. The van der Waals surface area contributed by atoms with Gasteiger partial charge in [-0.2, -0.15) is 0 Å². The van der Waals surface area contributed by atoms with E-state index in [1.165, 1.54) is 0 Å². The van der Waals surface area contributed by atoms with E-state index in [1.54, 1.807) is 25.3 Å². The van der Waals surface area contributed by atoms with Gasteiger partial charge < -0.3 is 19.5 Å². The average Bonchev–Trinajstić information content (AvgIpc) is 3.04. The molecule has 1 amide bonds. The van der Waals surface area contributed by atoms with E-state index in [0.717, 1.165) is 22.4 Å². The molecule has 1 N–H and O–H groups in total. The molecular formula is C35H35NO6.